The number of ether oxygens (including phenoxy) is 1. The third-order valence-electron chi connectivity index (χ3n) is 3.36. The van der Waals surface area contributed by atoms with Gasteiger partial charge in [0, 0.05) is 11.8 Å². The third-order valence-corrected chi connectivity index (χ3v) is 3.36. The lowest BCUT2D eigenvalue weighted by atomic mass is 10.1. The number of hydrogen-bond donors (Lipinski definition) is 0. The van der Waals surface area contributed by atoms with Crippen molar-refractivity contribution in [1.82, 2.24) is 9.38 Å². The van der Waals surface area contributed by atoms with Crippen LogP contribution in [0.5, 0.6) is 5.75 Å². The molecule has 0 aliphatic heterocycles. The minimum atomic E-state index is 0.564. The fraction of sp³-hybridized carbons (Fsp3) is 0.125. The highest BCUT2D eigenvalue weighted by Crippen LogP contribution is 2.26. The summed E-state index contributed by atoms with van der Waals surface area (Å²) in [6.45, 7) is 1.98. The van der Waals surface area contributed by atoms with E-state index in [1.165, 1.54) is 0 Å². The smallest absolute Gasteiger partial charge is 0.169 e. The summed E-state index contributed by atoms with van der Waals surface area (Å²) in [6, 6.07) is 11.4. The van der Waals surface area contributed by atoms with E-state index in [2.05, 4.69) is 4.98 Å². The largest absolute Gasteiger partial charge is 0.497 e. The van der Waals surface area contributed by atoms with E-state index in [4.69, 9.17) is 4.74 Å². The zero-order valence-corrected chi connectivity index (χ0v) is 11.3. The second-order valence-corrected chi connectivity index (χ2v) is 4.58. The van der Waals surface area contributed by atoms with Crippen LogP contribution in [0.1, 0.15) is 16.1 Å². The molecule has 0 saturated heterocycles. The highest BCUT2D eigenvalue weighted by atomic mass is 16.5. The molecule has 0 atom stereocenters. The van der Waals surface area contributed by atoms with Crippen LogP contribution < -0.4 is 4.74 Å². The normalized spacial score (nSPS) is 10.7. The topological polar surface area (TPSA) is 43.6 Å². The van der Waals surface area contributed by atoms with Crippen molar-refractivity contribution in [1.29, 1.82) is 0 Å². The number of hydrogen-bond acceptors (Lipinski definition) is 3. The number of carbonyl (C=O) groups is 1. The van der Waals surface area contributed by atoms with Crippen molar-refractivity contribution in [2.45, 2.75) is 6.92 Å². The first kappa shape index (κ1) is 12.4. The van der Waals surface area contributed by atoms with Crippen LogP contribution in [0.15, 0.2) is 42.6 Å². The van der Waals surface area contributed by atoms with Crippen molar-refractivity contribution >= 4 is 11.9 Å². The Labute approximate surface area is 116 Å². The summed E-state index contributed by atoms with van der Waals surface area (Å²) in [7, 11) is 1.63. The van der Waals surface area contributed by atoms with Gasteiger partial charge in [0.05, 0.1) is 7.11 Å². The number of imidazole rings is 1. The number of aryl methyl sites for hydroxylation is 1. The van der Waals surface area contributed by atoms with Crippen LogP contribution in [-0.4, -0.2) is 22.8 Å². The first-order valence-electron chi connectivity index (χ1n) is 6.32. The van der Waals surface area contributed by atoms with Crippen LogP contribution >= 0.6 is 0 Å². The molecular formula is C16H14N2O2. The van der Waals surface area contributed by atoms with E-state index in [0.717, 1.165) is 28.8 Å². The van der Waals surface area contributed by atoms with Gasteiger partial charge in [-0.1, -0.05) is 6.07 Å². The Kier molecular flexibility index (Phi) is 2.99. The zero-order valence-electron chi connectivity index (χ0n) is 11.3. The fourth-order valence-electron chi connectivity index (χ4n) is 2.30. The molecule has 100 valence electrons. The van der Waals surface area contributed by atoms with Crippen LogP contribution in [0.25, 0.3) is 16.9 Å². The van der Waals surface area contributed by atoms with Gasteiger partial charge in [0.15, 0.2) is 6.29 Å². The second kappa shape index (κ2) is 4.81. The van der Waals surface area contributed by atoms with Gasteiger partial charge < -0.3 is 4.74 Å². The summed E-state index contributed by atoms with van der Waals surface area (Å²) in [4.78, 5) is 16.0. The first-order valence-corrected chi connectivity index (χ1v) is 6.32. The molecule has 4 nitrogen and oxygen atoms in total. The van der Waals surface area contributed by atoms with E-state index in [0.29, 0.717) is 11.4 Å². The van der Waals surface area contributed by atoms with E-state index in [-0.39, 0.29) is 0 Å². The lowest BCUT2D eigenvalue weighted by molar-refractivity contribution is 0.111. The van der Waals surface area contributed by atoms with Gasteiger partial charge in [-0.3, -0.25) is 9.20 Å². The number of benzene rings is 1. The van der Waals surface area contributed by atoms with E-state index in [1.54, 1.807) is 7.11 Å². The number of pyridine rings is 1. The fourth-order valence-corrected chi connectivity index (χ4v) is 2.30. The van der Waals surface area contributed by atoms with Crippen LogP contribution in [0, 0.1) is 6.92 Å². The minimum absolute atomic E-state index is 0.564. The Morgan fingerprint density at radius 1 is 1.20 bits per heavy atom. The van der Waals surface area contributed by atoms with Gasteiger partial charge in [-0.05, 0) is 42.8 Å². The highest BCUT2D eigenvalue weighted by Gasteiger charge is 2.14. The number of fused-ring (bicyclic) bond motifs is 1. The summed E-state index contributed by atoms with van der Waals surface area (Å²) in [5.41, 5.74) is 4.00. The molecule has 0 saturated carbocycles. The van der Waals surface area contributed by atoms with Crippen molar-refractivity contribution in [3.05, 3.63) is 53.9 Å². The third kappa shape index (κ3) is 1.86. The van der Waals surface area contributed by atoms with Gasteiger partial charge in [-0.15, -0.1) is 0 Å². The van der Waals surface area contributed by atoms with Gasteiger partial charge in [0.1, 0.15) is 22.8 Å². The van der Waals surface area contributed by atoms with Gasteiger partial charge in [0.25, 0.3) is 0 Å². The van der Waals surface area contributed by atoms with Crippen LogP contribution in [0.2, 0.25) is 0 Å². The van der Waals surface area contributed by atoms with E-state index in [1.807, 2.05) is 53.9 Å². The molecule has 0 fully saturated rings. The quantitative estimate of drug-likeness (QED) is 0.684. The number of methoxy groups -OCH3 is 1. The Balaban J connectivity index is 2.24. The number of aromatic nitrogens is 2. The molecule has 0 N–H and O–H groups in total. The van der Waals surface area contributed by atoms with Crippen LogP contribution in [-0.2, 0) is 0 Å². The van der Waals surface area contributed by atoms with Crippen molar-refractivity contribution in [2.75, 3.05) is 7.11 Å². The van der Waals surface area contributed by atoms with Crippen molar-refractivity contribution < 1.29 is 9.53 Å². The van der Waals surface area contributed by atoms with Crippen LogP contribution in [0.3, 0.4) is 0 Å². The molecular weight excluding hydrogens is 252 g/mol. The Morgan fingerprint density at radius 3 is 2.60 bits per heavy atom. The molecule has 0 amide bonds. The standard InChI is InChI=1S/C16H14N2O2/c1-11-4-3-9-18-14(10-19)15(17-16(11)18)12-5-7-13(20-2)8-6-12/h3-10H,1-2H3. The molecule has 3 aromatic rings. The average Bonchev–Trinajstić information content (AvgIpc) is 2.87. The molecule has 2 aromatic heterocycles. The second-order valence-electron chi connectivity index (χ2n) is 4.58. The maximum atomic E-state index is 11.4. The first-order chi connectivity index (χ1) is 9.74. The van der Waals surface area contributed by atoms with Crippen molar-refractivity contribution in [3.63, 3.8) is 0 Å². The molecule has 0 spiro atoms. The monoisotopic (exact) mass is 266 g/mol. The number of aldehydes is 1. The van der Waals surface area contributed by atoms with E-state index >= 15 is 0 Å². The van der Waals surface area contributed by atoms with Gasteiger partial charge in [0.2, 0.25) is 0 Å². The minimum Gasteiger partial charge on any atom is -0.497 e. The summed E-state index contributed by atoms with van der Waals surface area (Å²) in [6.07, 6.45) is 2.70. The maximum absolute atomic E-state index is 11.4. The maximum Gasteiger partial charge on any atom is 0.169 e. The molecule has 0 unspecified atom stereocenters. The zero-order chi connectivity index (χ0) is 14.1. The lowest BCUT2D eigenvalue weighted by Gasteiger charge is -2.01. The molecule has 0 radical (unpaired) electrons. The van der Waals surface area contributed by atoms with Crippen molar-refractivity contribution in [3.8, 4) is 17.0 Å². The average molecular weight is 266 g/mol. The predicted octanol–water partition coefficient (Wildman–Crippen LogP) is 3.13. The molecule has 1 aromatic carbocycles. The lowest BCUT2D eigenvalue weighted by Crippen LogP contribution is -1.93. The summed E-state index contributed by atoms with van der Waals surface area (Å²) in [5.74, 6) is 0.779. The number of nitrogens with zero attached hydrogens (tertiary/aromatic N) is 2. The van der Waals surface area contributed by atoms with E-state index in [9.17, 15) is 4.79 Å². The molecule has 0 aliphatic carbocycles. The molecule has 0 aliphatic rings. The van der Waals surface area contributed by atoms with Crippen molar-refractivity contribution in [2.24, 2.45) is 0 Å². The molecule has 2 heterocycles. The number of rotatable bonds is 3. The highest BCUT2D eigenvalue weighted by molar-refractivity contribution is 5.86. The Morgan fingerprint density at radius 2 is 1.95 bits per heavy atom. The molecule has 20 heavy (non-hydrogen) atoms. The Bertz CT molecular complexity index is 773. The SMILES string of the molecule is COc1ccc(-c2nc3c(C)cccn3c2C=O)cc1. The summed E-state index contributed by atoms with van der Waals surface area (Å²) >= 11 is 0. The summed E-state index contributed by atoms with van der Waals surface area (Å²) in [5, 5.41) is 0. The van der Waals surface area contributed by atoms with E-state index < -0.39 is 0 Å². The van der Waals surface area contributed by atoms with Crippen LogP contribution in [0.4, 0.5) is 0 Å². The van der Waals surface area contributed by atoms with Gasteiger partial charge in [-0.25, -0.2) is 4.98 Å². The Hall–Kier alpha value is -2.62. The van der Waals surface area contributed by atoms with Gasteiger partial charge >= 0.3 is 0 Å². The van der Waals surface area contributed by atoms with Gasteiger partial charge in [-0.2, -0.15) is 0 Å². The predicted molar refractivity (Wildman–Crippen MR) is 77.3 cm³/mol. The molecule has 3 rings (SSSR count). The molecule has 4 heteroatoms. The molecule has 0 bridgehead atoms. The number of carbonyl (C=O) groups excluding carboxylic acids is 1. The summed E-state index contributed by atoms with van der Waals surface area (Å²) < 4.78 is 6.97.